The molecule has 0 spiro atoms. The third-order valence-corrected chi connectivity index (χ3v) is 7.61. The molecule has 2 amide bonds. The number of nitrogens with one attached hydrogen (secondary N) is 1. The predicted octanol–water partition coefficient (Wildman–Crippen LogP) is 1.78. The van der Waals surface area contributed by atoms with Crippen molar-refractivity contribution in [2.24, 2.45) is 16.2 Å². The van der Waals surface area contributed by atoms with Gasteiger partial charge in [-0.1, -0.05) is 62.9 Å². The molecule has 1 aromatic rings. The molecule has 2 aliphatic rings. The van der Waals surface area contributed by atoms with Crippen LogP contribution in [-0.2, 0) is 23.9 Å². The maximum Gasteiger partial charge on any atom is 0.338 e. The minimum absolute atomic E-state index is 0.183. The number of methoxy groups -OCH3 is 1. The Bertz CT molecular complexity index is 1130. The number of ether oxygens (including phenoxy) is 2. The van der Waals surface area contributed by atoms with E-state index in [4.69, 9.17) is 9.47 Å². The SMILES string of the molecule is COC(=O)[C@]12CO[C@H](C(C)(C)C)N1C(=O)C(C)(C)[C@@]2(O)C#CCNC(=O)C(C)(C)C(O)c1ccccc1. The molecule has 0 aromatic heterocycles. The van der Waals surface area contributed by atoms with Crippen LogP contribution in [0.3, 0.4) is 0 Å². The largest absolute Gasteiger partial charge is 0.467 e. The van der Waals surface area contributed by atoms with E-state index in [2.05, 4.69) is 17.2 Å². The summed E-state index contributed by atoms with van der Waals surface area (Å²) in [5, 5.41) is 25.4. The van der Waals surface area contributed by atoms with Gasteiger partial charge in [0.1, 0.15) is 6.23 Å². The van der Waals surface area contributed by atoms with Crippen LogP contribution >= 0.6 is 0 Å². The summed E-state index contributed by atoms with van der Waals surface area (Å²) < 4.78 is 11.0. The van der Waals surface area contributed by atoms with Crippen molar-refractivity contribution in [2.75, 3.05) is 20.3 Å². The molecule has 0 aliphatic carbocycles. The molecule has 2 fully saturated rings. The van der Waals surface area contributed by atoms with Crippen LogP contribution in [0.2, 0.25) is 0 Å². The topological polar surface area (TPSA) is 125 Å². The van der Waals surface area contributed by atoms with Crippen LogP contribution in [0.1, 0.15) is 60.1 Å². The van der Waals surface area contributed by atoms with Crippen LogP contribution in [0.15, 0.2) is 30.3 Å². The number of carbonyl (C=O) groups excluding carboxylic acids is 3. The van der Waals surface area contributed by atoms with Gasteiger partial charge in [-0.05, 0) is 33.3 Å². The Kier molecular flexibility index (Phi) is 7.30. The Morgan fingerprint density at radius 1 is 1.22 bits per heavy atom. The molecular weight excluding hydrogens is 476 g/mol. The van der Waals surface area contributed by atoms with Crippen molar-refractivity contribution in [3.63, 3.8) is 0 Å². The second-order valence-electron chi connectivity index (χ2n) is 11.9. The van der Waals surface area contributed by atoms with Crippen molar-refractivity contribution in [3.05, 3.63) is 35.9 Å². The zero-order chi connectivity index (χ0) is 28.0. The number of nitrogens with zero attached hydrogens (tertiary/aromatic N) is 1. The number of carbonyl (C=O) groups is 3. The molecule has 0 saturated carbocycles. The minimum atomic E-state index is -2.17. The molecule has 1 unspecified atom stereocenters. The van der Waals surface area contributed by atoms with Crippen LogP contribution in [0, 0.1) is 28.1 Å². The number of amides is 2. The highest BCUT2D eigenvalue weighted by molar-refractivity contribution is 6.00. The zero-order valence-electron chi connectivity index (χ0n) is 22.8. The summed E-state index contributed by atoms with van der Waals surface area (Å²) in [5.41, 5.74) is -6.66. The average molecular weight is 515 g/mol. The predicted molar refractivity (Wildman–Crippen MR) is 135 cm³/mol. The summed E-state index contributed by atoms with van der Waals surface area (Å²) in [6.45, 7) is 11.4. The maximum absolute atomic E-state index is 13.6. The van der Waals surface area contributed by atoms with Gasteiger partial charge in [0.25, 0.3) is 0 Å². The molecule has 4 atom stereocenters. The van der Waals surface area contributed by atoms with E-state index >= 15 is 0 Å². The zero-order valence-corrected chi connectivity index (χ0v) is 22.8. The van der Waals surface area contributed by atoms with E-state index in [-0.39, 0.29) is 13.2 Å². The molecule has 0 bridgehead atoms. The smallest absolute Gasteiger partial charge is 0.338 e. The number of aliphatic hydroxyl groups is 2. The van der Waals surface area contributed by atoms with E-state index < -0.39 is 57.5 Å². The van der Waals surface area contributed by atoms with Crippen molar-refractivity contribution in [1.82, 2.24) is 10.2 Å². The lowest BCUT2D eigenvalue weighted by atomic mass is 9.68. The lowest BCUT2D eigenvalue weighted by Gasteiger charge is -2.40. The highest BCUT2D eigenvalue weighted by Crippen LogP contribution is 2.56. The van der Waals surface area contributed by atoms with E-state index in [1.807, 2.05) is 26.8 Å². The first-order valence-corrected chi connectivity index (χ1v) is 12.3. The van der Waals surface area contributed by atoms with Gasteiger partial charge in [-0.15, -0.1) is 0 Å². The number of rotatable bonds is 5. The molecule has 202 valence electrons. The third-order valence-electron chi connectivity index (χ3n) is 7.61. The standard InChI is InChI=1S/C28H38N2O7/c1-24(2,3)22-30-21(33)26(6,7)28(35,27(30,17-37-22)23(34)36-8)15-12-16-29-20(32)25(4,5)19(31)18-13-10-9-11-14-18/h9-11,13-14,19,22,31,35H,16-17H2,1-8H3,(H,29,32)/t19?,22-,27+,28+/m1/s1. The Balaban J connectivity index is 1.90. The first-order valence-electron chi connectivity index (χ1n) is 12.3. The first-order chi connectivity index (χ1) is 17.0. The fourth-order valence-corrected chi connectivity index (χ4v) is 5.15. The second kappa shape index (κ2) is 9.43. The van der Waals surface area contributed by atoms with E-state index in [1.165, 1.54) is 25.9 Å². The lowest BCUT2D eigenvalue weighted by molar-refractivity contribution is -0.165. The molecule has 2 aliphatic heterocycles. The molecule has 3 N–H and O–H groups in total. The van der Waals surface area contributed by atoms with Gasteiger partial charge < -0.3 is 25.0 Å². The molecular formula is C28H38N2O7. The van der Waals surface area contributed by atoms with Gasteiger partial charge in [-0.25, -0.2) is 4.79 Å². The van der Waals surface area contributed by atoms with Crippen LogP contribution in [0.5, 0.6) is 0 Å². The summed E-state index contributed by atoms with van der Waals surface area (Å²) in [4.78, 5) is 41.0. The van der Waals surface area contributed by atoms with Gasteiger partial charge in [0.2, 0.25) is 17.4 Å². The van der Waals surface area contributed by atoms with Crippen molar-refractivity contribution in [3.8, 4) is 11.8 Å². The van der Waals surface area contributed by atoms with Crippen LogP contribution in [0.4, 0.5) is 0 Å². The molecule has 37 heavy (non-hydrogen) atoms. The van der Waals surface area contributed by atoms with Crippen molar-refractivity contribution >= 4 is 17.8 Å². The number of hydrogen-bond acceptors (Lipinski definition) is 7. The fourth-order valence-electron chi connectivity index (χ4n) is 5.15. The van der Waals surface area contributed by atoms with Crippen LogP contribution < -0.4 is 5.32 Å². The summed E-state index contributed by atoms with van der Waals surface area (Å²) in [6, 6.07) is 8.85. The lowest BCUT2D eigenvalue weighted by Crippen LogP contribution is -2.66. The van der Waals surface area contributed by atoms with E-state index in [0.29, 0.717) is 5.56 Å². The quantitative estimate of drug-likeness (QED) is 0.404. The summed E-state index contributed by atoms with van der Waals surface area (Å²) in [6.07, 6.45) is -1.84. The van der Waals surface area contributed by atoms with Gasteiger partial charge in [0.05, 0.1) is 37.2 Å². The van der Waals surface area contributed by atoms with Crippen molar-refractivity contribution in [2.45, 2.75) is 71.9 Å². The summed E-state index contributed by atoms with van der Waals surface area (Å²) in [7, 11) is 1.18. The highest BCUT2D eigenvalue weighted by atomic mass is 16.6. The van der Waals surface area contributed by atoms with Gasteiger partial charge in [-0.2, -0.15) is 0 Å². The molecule has 9 nitrogen and oxygen atoms in total. The average Bonchev–Trinajstić information content (AvgIpc) is 3.31. The number of benzene rings is 1. The Morgan fingerprint density at radius 2 is 1.81 bits per heavy atom. The maximum atomic E-state index is 13.6. The minimum Gasteiger partial charge on any atom is -0.467 e. The molecule has 9 heteroatoms. The van der Waals surface area contributed by atoms with Gasteiger partial charge in [0, 0.05) is 5.41 Å². The van der Waals surface area contributed by atoms with Gasteiger partial charge in [-0.3, -0.25) is 14.5 Å². The Hall–Kier alpha value is -2.93. The number of fused-ring (bicyclic) bond motifs is 1. The monoisotopic (exact) mass is 514 g/mol. The highest BCUT2D eigenvalue weighted by Gasteiger charge is 2.80. The van der Waals surface area contributed by atoms with Crippen molar-refractivity contribution in [1.29, 1.82) is 0 Å². The molecule has 3 rings (SSSR count). The fraction of sp³-hybridized carbons (Fsp3) is 0.607. The molecule has 2 heterocycles. The number of aliphatic hydroxyl groups excluding tert-OH is 1. The van der Waals surface area contributed by atoms with Crippen LogP contribution in [0.25, 0.3) is 0 Å². The third kappa shape index (κ3) is 4.21. The van der Waals surface area contributed by atoms with Crippen LogP contribution in [-0.4, -0.2) is 70.5 Å². The van der Waals surface area contributed by atoms with E-state index in [0.717, 1.165) is 0 Å². The summed E-state index contributed by atoms with van der Waals surface area (Å²) in [5.74, 6) is 3.71. The molecule has 0 radical (unpaired) electrons. The molecule has 2 saturated heterocycles. The number of esters is 1. The second-order valence-corrected chi connectivity index (χ2v) is 11.9. The normalized spacial score (nSPS) is 27.7. The van der Waals surface area contributed by atoms with Crippen molar-refractivity contribution < 1.29 is 34.1 Å². The van der Waals surface area contributed by atoms with Gasteiger partial charge in [0.15, 0.2) is 5.60 Å². The van der Waals surface area contributed by atoms with E-state index in [1.54, 1.807) is 38.1 Å². The molecule has 1 aromatic carbocycles. The number of hydrogen-bond donors (Lipinski definition) is 3. The Morgan fingerprint density at radius 3 is 2.35 bits per heavy atom. The van der Waals surface area contributed by atoms with Gasteiger partial charge >= 0.3 is 5.97 Å². The summed E-state index contributed by atoms with van der Waals surface area (Å²) >= 11 is 0. The Labute approximate surface area is 218 Å². The van der Waals surface area contributed by atoms with E-state index in [9.17, 15) is 24.6 Å². The first kappa shape index (κ1) is 28.6.